The fraction of sp³-hybridized carbons (Fsp3) is 0. The molecule has 3 aliphatic heterocycles. The number of hydrogen-bond donors (Lipinski definition) is 0. The summed E-state index contributed by atoms with van der Waals surface area (Å²) in [7, 11) is 0. The monoisotopic (exact) mass is 527 g/mol. The van der Waals surface area contributed by atoms with Crippen molar-refractivity contribution < 1.29 is 14.2 Å². The minimum Gasteiger partial charge on any atom is -0.458 e. The second kappa shape index (κ2) is 8.54. The molecule has 0 saturated carbocycles. The third kappa shape index (κ3) is 3.36. The van der Waals surface area contributed by atoms with Gasteiger partial charge >= 0.3 is 0 Å². The van der Waals surface area contributed by atoms with E-state index in [1.807, 2.05) is 54.6 Å². The predicted molar refractivity (Wildman–Crippen MR) is 164 cm³/mol. The molecule has 0 spiro atoms. The van der Waals surface area contributed by atoms with Crippen LogP contribution in [-0.2, 0) is 0 Å². The van der Waals surface area contributed by atoms with Crippen molar-refractivity contribution in [3.63, 3.8) is 0 Å². The fourth-order valence-corrected chi connectivity index (χ4v) is 6.35. The summed E-state index contributed by atoms with van der Waals surface area (Å²) in [6.07, 6.45) is 0. The van der Waals surface area contributed by atoms with Gasteiger partial charge in [0.25, 0.3) is 6.71 Å². The van der Waals surface area contributed by atoms with E-state index in [4.69, 9.17) is 14.2 Å². The molecule has 0 unspecified atom stereocenters. The van der Waals surface area contributed by atoms with Crippen molar-refractivity contribution in [1.29, 1.82) is 0 Å². The molecule has 3 heterocycles. The largest absolute Gasteiger partial charge is 0.458 e. The highest BCUT2D eigenvalue weighted by atomic mass is 16.5. The van der Waals surface area contributed by atoms with Gasteiger partial charge in [0, 0.05) is 11.2 Å². The highest BCUT2D eigenvalue weighted by molar-refractivity contribution is 6.98. The Hall–Kier alpha value is -5.42. The molecule has 0 aliphatic carbocycles. The van der Waals surface area contributed by atoms with Crippen molar-refractivity contribution in [2.45, 2.75) is 0 Å². The third-order valence-corrected chi connectivity index (χ3v) is 8.18. The lowest BCUT2D eigenvalue weighted by Gasteiger charge is -2.33. The summed E-state index contributed by atoms with van der Waals surface area (Å²) >= 11 is 0. The van der Waals surface area contributed by atoms with Crippen LogP contribution in [0.3, 0.4) is 0 Å². The van der Waals surface area contributed by atoms with Crippen molar-refractivity contribution in [3.8, 4) is 45.6 Å². The molecule has 0 aromatic heterocycles. The molecule has 3 aliphatic rings. The quantitative estimate of drug-likeness (QED) is 0.216. The Morgan fingerprint density at radius 3 is 1.83 bits per heavy atom. The van der Waals surface area contributed by atoms with E-state index in [-0.39, 0.29) is 6.71 Å². The minimum atomic E-state index is 0.0310. The second-order valence-corrected chi connectivity index (χ2v) is 10.5. The Morgan fingerprint density at radius 2 is 1.00 bits per heavy atom. The minimum absolute atomic E-state index is 0.0310. The first-order valence-corrected chi connectivity index (χ1v) is 13.8. The molecule has 0 bridgehead atoms. The van der Waals surface area contributed by atoms with Gasteiger partial charge in [0.2, 0.25) is 0 Å². The predicted octanol–water partition coefficient (Wildman–Crippen LogP) is 7.66. The zero-order valence-corrected chi connectivity index (χ0v) is 22.0. The van der Waals surface area contributed by atoms with Crippen molar-refractivity contribution in [2.24, 2.45) is 0 Å². The average Bonchev–Trinajstić information content (AvgIpc) is 3.03. The number of benzene rings is 6. The number of hydrogen-bond acceptors (Lipinski definition) is 4. The average molecular weight is 527 g/mol. The second-order valence-electron chi connectivity index (χ2n) is 10.5. The molecule has 0 radical (unpaired) electrons. The van der Waals surface area contributed by atoms with Crippen LogP contribution in [0, 0.1) is 0 Å². The van der Waals surface area contributed by atoms with Gasteiger partial charge in [-0.25, -0.2) is 0 Å². The molecule has 192 valence electrons. The summed E-state index contributed by atoms with van der Waals surface area (Å²) in [6.45, 7) is 0.0310. The highest BCUT2D eigenvalue weighted by Crippen LogP contribution is 2.51. The SMILES string of the molecule is c1ccc(N2c3ccccc3Oc3ccc(-c4ccc5c(c4)B4c6ccccc6Oc6cccc(c64)O5)cc32)cc1. The molecule has 41 heavy (non-hydrogen) atoms. The smallest absolute Gasteiger partial charge is 0.260 e. The van der Waals surface area contributed by atoms with Crippen molar-refractivity contribution >= 4 is 40.2 Å². The van der Waals surface area contributed by atoms with Crippen LogP contribution in [0.4, 0.5) is 17.1 Å². The first-order valence-electron chi connectivity index (χ1n) is 13.8. The van der Waals surface area contributed by atoms with Gasteiger partial charge in [-0.15, -0.1) is 0 Å². The van der Waals surface area contributed by atoms with Crippen molar-refractivity contribution in [2.75, 3.05) is 4.90 Å². The maximum Gasteiger partial charge on any atom is 0.260 e. The van der Waals surface area contributed by atoms with E-state index < -0.39 is 0 Å². The van der Waals surface area contributed by atoms with Gasteiger partial charge in [-0.2, -0.15) is 0 Å². The van der Waals surface area contributed by atoms with E-state index in [1.54, 1.807) is 0 Å². The van der Waals surface area contributed by atoms with Crippen LogP contribution in [0.5, 0.6) is 34.5 Å². The standard InChI is InChI=1S/C36H22BNO3/c1-2-9-25(10-3-1)38-28-12-5-7-14-32(28)41-33-20-18-24(22-29(33)38)23-17-19-31-27(21-23)37-26-11-4-6-13-30(26)39-34-15-8-16-35(40-31)36(34)37/h1-22H. The molecule has 0 N–H and O–H groups in total. The lowest BCUT2D eigenvalue weighted by atomic mass is 9.35. The molecule has 6 aromatic carbocycles. The number of anilines is 3. The Bertz CT molecular complexity index is 1990. The number of rotatable bonds is 2. The summed E-state index contributed by atoms with van der Waals surface area (Å²) in [5.41, 5.74) is 8.71. The number of nitrogens with zero attached hydrogens (tertiary/aromatic N) is 1. The fourth-order valence-electron chi connectivity index (χ4n) is 6.35. The van der Waals surface area contributed by atoms with Gasteiger partial charge in [0.1, 0.15) is 23.0 Å². The highest BCUT2D eigenvalue weighted by Gasteiger charge is 2.40. The van der Waals surface area contributed by atoms with Crippen LogP contribution in [0.25, 0.3) is 11.1 Å². The topological polar surface area (TPSA) is 30.9 Å². The molecule has 0 amide bonds. The molecule has 9 rings (SSSR count). The van der Waals surface area contributed by atoms with Gasteiger partial charge in [-0.3, -0.25) is 0 Å². The van der Waals surface area contributed by atoms with Crippen molar-refractivity contribution in [1.82, 2.24) is 0 Å². The summed E-state index contributed by atoms with van der Waals surface area (Å²) in [4.78, 5) is 2.27. The van der Waals surface area contributed by atoms with Crippen LogP contribution in [0.2, 0.25) is 0 Å². The Balaban J connectivity index is 1.20. The van der Waals surface area contributed by atoms with Crippen LogP contribution in [-0.4, -0.2) is 6.71 Å². The van der Waals surface area contributed by atoms with Crippen LogP contribution < -0.4 is 35.5 Å². The lowest BCUT2D eigenvalue weighted by Crippen LogP contribution is -2.57. The molecular weight excluding hydrogens is 505 g/mol. The third-order valence-electron chi connectivity index (χ3n) is 8.18. The molecule has 5 heteroatoms. The molecule has 4 nitrogen and oxygen atoms in total. The zero-order chi connectivity index (χ0) is 26.9. The lowest BCUT2D eigenvalue weighted by molar-refractivity contribution is 0.464. The summed E-state index contributed by atoms with van der Waals surface area (Å²) in [6, 6.07) is 45.9. The molecule has 0 atom stereocenters. The Morgan fingerprint density at radius 1 is 0.415 bits per heavy atom. The Labute approximate surface area is 238 Å². The number of fused-ring (bicyclic) bond motifs is 6. The van der Waals surface area contributed by atoms with Crippen LogP contribution in [0.15, 0.2) is 133 Å². The summed E-state index contributed by atoms with van der Waals surface area (Å²) < 4.78 is 19.1. The van der Waals surface area contributed by atoms with E-state index >= 15 is 0 Å². The number of ether oxygens (including phenoxy) is 3. The summed E-state index contributed by atoms with van der Waals surface area (Å²) in [5, 5.41) is 0. The van der Waals surface area contributed by atoms with Gasteiger partial charge in [0.15, 0.2) is 11.5 Å². The first-order chi connectivity index (χ1) is 20.3. The molecule has 0 saturated heterocycles. The maximum atomic E-state index is 6.43. The van der Waals surface area contributed by atoms with E-state index in [0.717, 1.165) is 79.1 Å². The molecule has 0 fully saturated rings. The normalized spacial score (nSPS) is 13.4. The van der Waals surface area contributed by atoms with Crippen LogP contribution >= 0.6 is 0 Å². The van der Waals surface area contributed by atoms with Crippen LogP contribution in [0.1, 0.15) is 0 Å². The van der Waals surface area contributed by atoms with E-state index in [2.05, 4.69) is 83.8 Å². The van der Waals surface area contributed by atoms with Gasteiger partial charge in [-0.1, -0.05) is 72.8 Å². The van der Waals surface area contributed by atoms with E-state index in [1.165, 1.54) is 0 Å². The van der Waals surface area contributed by atoms with Gasteiger partial charge in [-0.05, 0) is 82.7 Å². The van der Waals surface area contributed by atoms with Gasteiger partial charge < -0.3 is 19.1 Å². The van der Waals surface area contributed by atoms with E-state index in [9.17, 15) is 0 Å². The first kappa shape index (κ1) is 22.4. The Kier molecular flexibility index (Phi) is 4.67. The maximum absolute atomic E-state index is 6.43. The van der Waals surface area contributed by atoms with Gasteiger partial charge in [0.05, 0.1) is 11.4 Å². The number of para-hydroxylation sites is 4. The zero-order valence-electron chi connectivity index (χ0n) is 22.0. The van der Waals surface area contributed by atoms with Crippen molar-refractivity contribution in [3.05, 3.63) is 133 Å². The molecular formula is C36H22BNO3. The molecule has 6 aromatic rings. The summed E-state index contributed by atoms with van der Waals surface area (Å²) in [5.74, 6) is 5.14. The van der Waals surface area contributed by atoms with E-state index in [0.29, 0.717) is 0 Å².